The van der Waals surface area contributed by atoms with Gasteiger partial charge in [-0.15, -0.1) is 0 Å². The largest absolute Gasteiger partial charge is 0.341 e. The highest BCUT2D eigenvalue weighted by Crippen LogP contribution is 2.31. The summed E-state index contributed by atoms with van der Waals surface area (Å²) < 4.78 is 0. The molecule has 4 nitrogen and oxygen atoms in total. The van der Waals surface area contributed by atoms with Gasteiger partial charge in [0.15, 0.2) is 0 Å². The Morgan fingerprint density at radius 1 is 0.955 bits per heavy atom. The predicted molar refractivity (Wildman–Crippen MR) is 85.2 cm³/mol. The average Bonchev–Trinajstić information content (AvgIpc) is 3.21. The Labute approximate surface area is 129 Å². The summed E-state index contributed by atoms with van der Waals surface area (Å²) in [7, 11) is 0. The number of urea groups is 1. The lowest BCUT2D eigenvalue weighted by atomic mass is 10.1. The lowest BCUT2D eigenvalue weighted by Gasteiger charge is -2.27. The lowest BCUT2D eigenvalue weighted by Crippen LogP contribution is -2.37. The molecule has 0 bridgehead atoms. The summed E-state index contributed by atoms with van der Waals surface area (Å²) in [6, 6.07) is 18.3. The zero-order chi connectivity index (χ0) is 14.9. The molecule has 1 unspecified atom stereocenters. The molecule has 2 amide bonds. The summed E-state index contributed by atoms with van der Waals surface area (Å²) in [6.45, 7) is 1.34. The number of benzene rings is 2. The van der Waals surface area contributed by atoms with Crippen LogP contribution >= 0.6 is 0 Å². The fraction of sp³-hybridized carbons (Fsp3) is 0.222. The standard InChI is InChI=1S/C18H17N3O/c22-18(20-12-15-8-4-5-9-16(15)13-20)21-17(10-11-19-21)14-6-2-1-3-7-14/h1-9,11,17H,10,12-13H2. The molecule has 2 heterocycles. The van der Waals surface area contributed by atoms with Gasteiger partial charge in [-0.2, -0.15) is 5.10 Å². The van der Waals surface area contributed by atoms with Gasteiger partial charge in [-0.3, -0.25) is 0 Å². The van der Waals surface area contributed by atoms with Crippen LogP contribution < -0.4 is 0 Å². The van der Waals surface area contributed by atoms with Crippen LogP contribution in [0.1, 0.15) is 29.2 Å². The zero-order valence-corrected chi connectivity index (χ0v) is 12.2. The van der Waals surface area contributed by atoms with E-state index < -0.39 is 0 Å². The Kier molecular flexibility index (Phi) is 3.15. The van der Waals surface area contributed by atoms with Gasteiger partial charge >= 0.3 is 6.03 Å². The van der Waals surface area contributed by atoms with Crippen molar-refractivity contribution in [3.63, 3.8) is 0 Å². The minimum absolute atomic E-state index is 0.0115. The number of hydrogen-bond donors (Lipinski definition) is 0. The molecule has 2 aliphatic heterocycles. The van der Waals surface area contributed by atoms with Crippen molar-refractivity contribution in [2.24, 2.45) is 5.10 Å². The third kappa shape index (κ3) is 2.17. The molecule has 2 aromatic carbocycles. The molecule has 0 aromatic heterocycles. The van der Waals surface area contributed by atoms with Crippen LogP contribution in [0.15, 0.2) is 59.7 Å². The molecule has 0 saturated heterocycles. The quantitative estimate of drug-likeness (QED) is 0.791. The van der Waals surface area contributed by atoms with Gasteiger partial charge in [-0.05, 0) is 16.7 Å². The highest BCUT2D eigenvalue weighted by Gasteiger charge is 2.33. The fourth-order valence-electron chi connectivity index (χ4n) is 3.16. The molecule has 22 heavy (non-hydrogen) atoms. The van der Waals surface area contributed by atoms with Crippen LogP contribution in [0, 0.1) is 0 Å². The van der Waals surface area contributed by atoms with Gasteiger partial charge in [-0.1, -0.05) is 54.6 Å². The second kappa shape index (κ2) is 5.30. The molecule has 0 radical (unpaired) electrons. The second-order valence-electron chi connectivity index (χ2n) is 5.71. The molecular weight excluding hydrogens is 274 g/mol. The van der Waals surface area contributed by atoms with E-state index in [1.165, 1.54) is 11.1 Å². The maximum atomic E-state index is 12.8. The highest BCUT2D eigenvalue weighted by atomic mass is 16.2. The summed E-state index contributed by atoms with van der Waals surface area (Å²) in [4.78, 5) is 14.7. The smallest absolute Gasteiger partial charge is 0.314 e. The first-order chi connectivity index (χ1) is 10.8. The second-order valence-corrected chi connectivity index (χ2v) is 5.71. The third-order valence-corrected chi connectivity index (χ3v) is 4.32. The number of amides is 2. The maximum absolute atomic E-state index is 12.8. The molecule has 110 valence electrons. The number of carbonyl (C=O) groups is 1. The van der Waals surface area contributed by atoms with Gasteiger partial charge in [0.25, 0.3) is 0 Å². The Hall–Kier alpha value is -2.62. The average molecular weight is 291 g/mol. The first-order valence-electron chi connectivity index (χ1n) is 7.55. The van der Waals surface area contributed by atoms with Crippen LogP contribution in [-0.4, -0.2) is 22.2 Å². The maximum Gasteiger partial charge on any atom is 0.341 e. The normalized spacial score (nSPS) is 19.5. The van der Waals surface area contributed by atoms with Gasteiger partial charge in [0, 0.05) is 25.7 Å². The lowest BCUT2D eigenvalue weighted by molar-refractivity contribution is 0.142. The molecule has 0 N–H and O–H groups in total. The molecule has 0 aliphatic carbocycles. The molecule has 1 atom stereocenters. The Morgan fingerprint density at radius 3 is 2.27 bits per heavy atom. The first kappa shape index (κ1) is 13.1. The van der Waals surface area contributed by atoms with E-state index in [-0.39, 0.29) is 12.1 Å². The van der Waals surface area contributed by atoms with Crippen LogP contribution in [0.4, 0.5) is 4.79 Å². The van der Waals surface area contributed by atoms with Gasteiger partial charge in [0.1, 0.15) is 0 Å². The van der Waals surface area contributed by atoms with E-state index in [4.69, 9.17) is 0 Å². The molecule has 0 spiro atoms. The van der Waals surface area contributed by atoms with Crippen molar-refractivity contribution in [3.8, 4) is 0 Å². The van der Waals surface area contributed by atoms with Gasteiger partial charge < -0.3 is 4.90 Å². The number of rotatable bonds is 1. The topological polar surface area (TPSA) is 35.9 Å². The van der Waals surface area contributed by atoms with E-state index in [2.05, 4.69) is 29.4 Å². The van der Waals surface area contributed by atoms with E-state index in [0.717, 1.165) is 12.0 Å². The van der Waals surface area contributed by atoms with E-state index in [9.17, 15) is 4.79 Å². The van der Waals surface area contributed by atoms with Crippen molar-refractivity contribution < 1.29 is 4.79 Å². The van der Waals surface area contributed by atoms with Gasteiger partial charge in [0.05, 0.1) is 6.04 Å². The van der Waals surface area contributed by atoms with Crippen molar-refractivity contribution >= 4 is 12.2 Å². The van der Waals surface area contributed by atoms with Crippen LogP contribution in [0.5, 0.6) is 0 Å². The minimum atomic E-state index is -0.0150. The molecule has 4 heteroatoms. The van der Waals surface area contributed by atoms with Crippen LogP contribution in [0.25, 0.3) is 0 Å². The summed E-state index contributed by atoms with van der Waals surface area (Å²) in [5.74, 6) is 0. The Balaban J connectivity index is 1.55. The molecule has 0 fully saturated rings. The summed E-state index contributed by atoms with van der Waals surface area (Å²) in [5, 5.41) is 5.94. The fourth-order valence-corrected chi connectivity index (χ4v) is 3.16. The zero-order valence-electron chi connectivity index (χ0n) is 12.2. The number of hydrazone groups is 1. The number of hydrogen-bond acceptors (Lipinski definition) is 2. The van der Waals surface area contributed by atoms with Crippen molar-refractivity contribution in [2.45, 2.75) is 25.6 Å². The molecule has 0 saturated carbocycles. The van der Waals surface area contributed by atoms with Gasteiger partial charge in [0.2, 0.25) is 0 Å². The third-order valence-electron chi connectivity index (χ3n) is 4.32. The van der Waals surface area contributed by atoms with E-state index in [1.807, 2.05) is 41.4 Å². The number of nitrogens with zero attached hydrogens (tertiary/aromatic N) is 3. The van der Waals surface area contributed by atoms with Crippen molar-refractivity contribution in [2.75, 3.05) is 0 Å². The van der Waals surface area contributed by atoms with E-state index in [1.54, 1.807) is 5.01 Å². The molecule has 4 rings (SSSR count). The Morgan fingerprint density at radius 2 is 1.59 bits per heavy atom. The SMILES string of the molecule is O=C(N1Cc2ccccc2C1)N1N=CCC1c1ccccc1. The predicted octanol–water partition coefficient (Wildman–Crippen LogP) is 3.56. The monoisotopic (exact) mass is 291 g/mol. The van der Waals surface area contributed by atoms with Crippen LogP contribution in [0.2, 0.25) is 0 Å². The molecular formula is C18H17N3O. The summed E-state index contributed by atoms with van der Waals surface area (Å²) in [6.07, 6.45) is 2.61. The Bertz CT molecular complexity index is 701. The molecule has 2 aliphatic rings. The minimum Gasteiger partial charge on any atom is -0.314 e. The van der Waals surface area contributed by atoms with Crippen molar-refractivity contribution in [1.29, 1.82) is 0 Å². The summed E-state index contributed by atoms with van der Waals surface area (Å²) in [5.41, 5.74) is 3.59. The first-order valence-corrected chi connectivity index (χ1v) is 7.55. The molecule has 2 aromatic rings. The number of carbonyl (C=O) groups excluding carboxylic acids is 1. The van der Waals surface area contributed by atoms with Crippen LogP contribution in [0.3, 0.4) is 0 Å². The van der Waals surface area contributed by atoms with Gasteiger partial charge in [-0.25, -0.2) is 9.80 Å². The van der Waals surface area contributed by atoms with Crippen LogP contribution in [-0.2, 0) is 13.1 Å². The number of fused-ring (bicyclic) bond motifs is 1. The summed E-state index contributed by atoms with van der Waals surface area (Å²) >= 11 is 0. The van der Waals surface area contributed by atoms with Crippen molar-refractivity contribution in [1.82, 2.24) is 9.91 Å². The highest BCUT2D eigenvalue weighted by molar-refractivity contribution is 5.79. The van der Waals surface area contributed by atoms with E-state index >= 15 is 0 Å². The van der Waals surface area contributed by atoms with Crippen molar-refractivity contribution in [3.05, 3.63) is 71.3 Å². The van der Waals surface area contributed by atoms with E-state index in [0.29, 0.717) is 13.1 Å².